The number of unbranched alkanes of at least 4 members (excludes halogenated alkanes) is 1. The molecular formula is C35H43N3O8. The van der Waals surface area contributed by atoms with Crippen LogP contribution in [0.5, 0.6) is 0 Å². The Labute approximate surface area is 270 Å². The molecule has 3 aromatic carbocycles. The van der Waals surface area contributed by atoms with Gasteiger partial charge in [0, 0.05) is 26.2 Å². The van der Waals surface area contributed by atoms with Crippen molar-refractivity contribution in [1.29, 1.82) is 0 Å². The second-order valence-electron chi connectivity index (χ2n) is 10.3. The first-order valence-corrected chi connectivity index (χ1v) is 15.5. The molecule has 0 unspecified atom stereocenters. The molecule has 0 spiro atoms. The number of esters is 1. The lowest BCUT2D eigenvalue weighted by Gasteiger charge is -2.24. The zero-order valence-electron chi connectivity index (χ0n) is 26.3. The molecule has 1 N–H and O–H groups in total. The van der Waals surface area contributed by atoms with E-state index in [2.05, 4.69) is 5.32 Å². The lowest BCUT2D eigenvalue weighted by atomic mass is 10.2. The van der Waals surface area contributed by atoms with Gasteiger partial charge in [0.25, 0.3) is 0 Å². The van der Waals surface area contributed by atoms with Crippen LogP contribution in [0.25, 0.3) is 0 Å². The number of rotatable bonds is 18. The number of carbonyl (C=O) groups is 4. The first-order valence-electron chi connectivity index (χ1n) is 15.5. The molecule has 3 aromatic rings. The summed E-state index contributed by atoms with van der Waals surface area (Å²) in [5.41, 5.74) is 2.58. The van der Waals surface area contributed by atoms with E-state index in [9.17, 15) is 19.2 Å². The summed E-state index contributed by atoms with van der Waals surface area (Å²) in [5, 5.41) is 2.71. The Hall–Kier alpha value is -5.06. The molecule has 0 aliphatic carbocycles. The van der Waals surface area contributed by atoms with Crippen molar-refractivity contribution in [2.75, 3.05) is 39.3 Å². The zero-order valence-corrected chi connectivity index (χ0v) is 26.3. The van der Waals surface area contributed by atoms with Gasteiger partial charge in [-0.1, -0.05) is 91.0 Å². The third-order valence-electron chi connectivity index (χ3n) is 6.74. The molecule has 246 valence electrons. The summed E-state index contributed by atoms with van der Waals surface area (Å²) < 4.78 is 21.3. The molecule has 0 saturated heterocycles. The third kappa shape index (κ3) is 14.1. The number of alkyl carbamates (subject to hydrolysis) is 1. The quantitative estimate of drug-likeness (QED) is 0.104. The van der Waals surface area contributed by atoms with E-state index < -0.39 is 24.2 Å². The molecule has 0 aromatic heterocycles. The van der Waals surface area contributed by atoms with E-state index in [0.717, 1.165) is 16.7 Å². The van der Waals surface area contributed by atoms with E-state index in [-0.39, 0.29) is 39.5 Å². The van der Waals surface area contributed by atoms with E-state index in [1.165, 1.54) is 4.90 Å². The van der Waals surface area contributed by atoms with Crippen molar-refractivity contribution in [1.82, 2.24) is 15.1 Å². The Morgan fingerprint density at radius 3 is 1.50 bits per heavy atom. The number of amides is 3. The fourth-order valence-corrected chi connectivity index (χ4v) is 4.35. The fourth-order valence-electron chi connectivity index (χ4n) is 4.35. The monoisotopic (exact) mass is 633 g/mol. The van der Waals surface area contributed by atoms with Crippen molar-refractivity contribution >= 4 is 24.2 Å². The minimum absolute atomic E-state index is 0.0772. The molecule has 0 fully saturated rings. The predicted molar refractivity (Wildman–Crippen MR) is 172 cm³/mol. The molecule has 0 heterocycles. The highest BCUT2D eigenvalue weighted by Gasteiger charge is 2.20. The van der Waals surface area contributed by atoms with Crippen LogP contribution in [0, 0.1) is 0 Å². The van der Waals surface area contributed by atoms with Gasteiger partial charge in [-0.15, -0.1) is 0 Å². The van der Waals surface area contributed by atoms with Gasteiger partial charge in [-0.3, -0.25) is 9.69 Å². The SMILES string of the molecule is CCOC(=O)CN(CCCCN(CCCNC(=O)OCc1ccccc1)C(=O)OCc1ccccc1)C(=O)OCc1ccccc1. The van der Waals surface area contributed by atoms with Gasteiger partial charge >= 0.3 is 24.2 Å². The molecule has 11 nitrogen and oxygen atoms in total. The van der Waals surface area contributed by atoms with E-state index >= 15 is 0 Å². The topological polar surface area (TPSA) is 124 Å². The van der Waals surface area contributed by atoms with Gasteiger partial charge in [0.1, 0.15) is 26.4 Å². The maximum absolute atomic E-state index is 13.0. The highest BCUT2D eigenvalue weighted by molar-refractivity contribution is 5.78. The fraction of sp³-hybridized carbons (Fsp3) is 0.371. The Balaban J connectivity index is 1.49. The first kappa shape index (κ1) is 35.4. The summed E-state index contributed by atoms with van der Waals surface area (Å²) in [6.07, 6.45) is -0.155. The second-order valence-corrected chi connectivity index (χ2v) is 10.3. The lowest BCUT2D eigenvalue weighted by Crippen LogP contribution is -2.38. The van der Waals surface area contributed by atoms with Crippen LogP contribution in [0.2, 0.25) is 0 Å². The Bertz CT molecular complexity index is 1330. The van der Waals surface area contributed by atoms with Crippen molar-refractivity contribution in [2.24, 2.45) is 0 Å². The molecule has 3 rings (SSSR count). The van der Waals surface area contributed by atoms with Crippen molar-refractivity contribution in [3.63, 3.8) is 0 Å². The highest BCUT2D eigenvalue weighted by Crippen LogP contribution is 2.09. The number of hydrogen-bond acceptors (Lipinski definition) is 8. The summed E-state index contributed by atoms with van der Waals surface area (Å²) in [4.78, 5) is 53.0. The van der Waals surface area contributed by atoms with Crippen LogP contribution in [-0.4, -0.2) is 73.4 Å². The summed E-state index contributed by atoms with van der Waals surface area (Å²) in [6.45, 7) is 3.24. The van der Waals surface area contributed by atoms with Crippen LogP contribution < -0.4 is 5.32 Å². The average Bonchev–Trinajstić information content (AvgIpc) is 3.08. The number of nitrogens with one attached hydrogen (secondary N) is 1. The Morgan fingerprint density at radius 2 is 1.00 bits per heavy atom. The van der Waals surface area contributed by atoms with Crippen LogP contribution in [-0.2, 0) is 43.6 Å². The van der Waals surface area contributed by atoms with Crippen LogP contribution >= 0.6 is 0 Å². The molecule has 46 heavy (non-hydrogen) atoms. The summed E-state index contributed by atoms with van der Waals surface area (Å²) in [6, 6.07) is 28.0. The predicted octanol–water partition coefficient (Wildman–Crippen LogP) is 5.92. The minimum Gasteiger partial charge on any atom is -0.465 e. The standard InChI is InChI=1S/C35H43N3O8/c1-2-43-32(39)25-38(35(42)46-28-31-19-10-5-11-20-31)23-13-12-22-37(34(41)45-27-30-17-8-4-9-18-30)24-14-21-36-33(40)44-26-29-15-6-3-7-16-29/h3-11,15-20H,2,12-14,21-28H2,1H3,(H,36,40). The molecule has 0 aliphatic heterocycles. The highest BCUT2D eigenvalue weighted by atomic mass is 16.6. The lowest BCUT2D eigenvalue weighted by molar-refractivity contribution is -0.144. The largest absolute Gasteiger partial charge is 0.465 e. The number of nitrogens with zero attached hydrogens (tertiary/aromatic N) is 2. The molecule has 0 aliphatic rings. The van der Waals surface area contributed by atoms with Gasteiger partial charge in [0.2, 0.25) is 0 Å². The number of carbonyl (C=O) groups excluding carboxylic acids is 4. The van der Waals surface area contributed by atoms with E-state index in [4.69, 9.17) is 18.9 Å². The van der Waals surface area contributed by atoms with Gasteiger partial charge in [0.15, 0.2) is 0 Å². The average molecular weight is 634 g/mol. The van der Waals surface area contributed by atoms with Crippen molar-refractivity contribution in [2.45, 2.75) is 46.0 Å². The molecular weight excluding hydrogens is 590 g/mol. The van der Waals surface area contributed by atoms with E-state index in [1.54, 1.807) is 11.8 Å². The molecule has 3 amide bonds. The summed E-state index contributed by atoms with van der Waals surface area (Å²) in [5.74, 6) is -0.528. The molecule has 0 atom stereocenters. The maximum Gasteiger partial charge on any atom is 0.410 e. The Morgan fingerprint density at radius 1 is 0.565 bits per heavy atom. The first-order chi connectivity index (χ1) is 22.4. The van der Waals surface area contributed by atoms with Crippen molar-refractivity contribution in [3.8, 4) is 0 Å². The van der Waals surface area contributed by atoms with E-state index in [1.807, 2.05) is 91.0 Å². The van der Waals surface area contributed by atoms with Gasteiger partial charge in [-0.2, -0.15) is 0 Å². The molecule has 11 heteroatoms. The summed E-state index contributed by atoms with van der Waals surface area (Å²) in [7, 11) is 0. The maximum atomic E-state index is 13.0. The number of ether oxygens (including phenoxy) is 4. The van der Waals surface area contributed by atoms with Gasteiger partial charge in [-0.25, -0.2) is 14.4 Å². The van der Waals surface area contributed by atoms with Gasteiger partial charge < -0.3 is 29.2 Å². The molecule has 0 radical (unpaired) electrons. The van der Waals surface area contributed by atoms with E-state index in [0.29, 0.717) is 38.9 Å². The smallest absolute Gasteiger partial charge is 0.410 e. The van der Waals surface area contributed by atoms with Crippen LogP contribution in [0.3, 0.4) is 0 Å². The van der Waals surface area contributed by atoms with Crippen LogP contribution in [0.4, 0.5) is 14.4 Å². The van der Waals surface area contributed by atoms with Crippen LogP contribution in [0.1, 0.15) is 42.9 Å². The second kappa shape index (κ2) is 20.8. The number of benzene rings is 3. The third-order valence-corrected chi connectivity index (χ3v) is 6.74. The van der Waals surface area contributed by atoms with Crippen molar-refractivity contribution < 1.29 is 38.1 Å². The van der Waals surface area contributed by atoms with Crippen LogP contribution in [0.15, 0.2) is 91.0 Å². The molecule has 0 saturated carbocycles. The number of hydrogen-bond donors (Lipinski definition) is 1. The zero-order chi connectivity index (χ0) is 32.8. The molecule has 0 bridgehead atoms. The minimum atomic E-state index is -0.624. The summed E-state index contributed by atoms with van der Waals surface area (Å²) >= 11 is 0. The van der Waals surface area contributed by atoms with Gasteiger partial charge in [0.05, 0.1) is 6.61 Å². The van der Waals surface area contributed by atoms with Crippen molar-refractivity contribution in [3.05, 3.63) is 108 Å². The van der Waals surface area contributed by atoms with Gasteiger partial charge in [-0.05, 0) is 42.9 Å². The Kier molecular flexibility index (Phi) is 16.0. The normalized spacial score (nSPS) is 10.4.